The monoisotopic (exact) mass is 347 g/mol. The maximum absolute atomic E-state index is 13.3. The van der Waals surface area contributed by atoms with E-state index in [-0.39, 0.29) is 5.91 Å². The lowest BCUT2D eigenvalue weighted by atomic mass is 10.0. The summed E-state index contributed by atoms with van der Waals surface area (Å²) < 4.78 is 0. The van der Waals surface area contributed by atoms with E-state index in [2.05, 4.69) is 39.0 Å². The molecule has 3 heterocycles. The zero-order chi connectivity index (χ0) is 17.5. The van der Waals surface area contributed by atoms with Gasteiger partial charge in [-0.25, -0.2) is 4.98 Å². The summed E-state index contributed by atoms with van der Waals surface area (Å²) in [6.07, 6.45) is 7.66. The molecular weight excluding hydrogens is 322 g/mol. The van der Waals surface area contributed by atoms with Gasteiger partial charge in [-0.05, 0) is 61.3 Å². The number of hydrogen-bond donors (Lipinski definition) is 0. The second kappa shape index (κ2) is 6.42. The third-order valence-electron chi connectivity index (χ3n) is 6.34. The second-order valence-corrected chi connectivity index (χ2v) is 7.96. The summed E-state index contributed by atoms with van der Waals surface area (Å²) in [7, 11) is 0. The molecule has 0 spiro atoms. The van der Waals surface area contributed by atoms with Crippen LogP contribution in [0.2, 0.25) is 0 Å². The van der Waals surface area contributed by atoms with Crippen LogP contribution in [0.4, 0.5) is 5.82 Å². The molecule has 2 atom stereocenters. The minimum absolute atomic E-state index is 0.179. The zero-order valence-electron chi connectivity index (χ0n) is 15.1. The lowest BCUT2D eigenvalue weighted by molar-refractivity contribution is 0.0704. The van der Waals surface area contributed by atoms with Gasteiger partial charge in [0.1, 0.15) is 5.82 Å². The van der Waals surface area contributed by atoms with E-state index in [4.69, 9.17) is 0 Å². The van der Waals surface area contributed by atoms with Crippen molar-refractivity contribution in [3.8, 4) is 0 Å². The molecule has 3 aliphatic rings. The molecule has 4 nitrogen and oxygen atoms in total. The summed E-state index contributed by atoms with van der Waals surface area (Å²) in [4.78, 5) is 22.4. The van der Waals surface area contributed by atoms with Gasteiger partial charge in [0.25, 0.3) is 5.91 Å². The number of benzene rings is 1. The average molecular weight is 347 g/mol. The third kappa shape index (κ3) is 2.68. The first-order valence-corrected chi connectivity index (χ1v) is 9.87. The quantitative estimate of drug-likeness (QED) is 0.832. The molecule has 1 saturated carbocycles. The number of aryl methyl sites for hydroxylation is 1. The van der Waals surface area contributed by atoms with Gasteiger partial charge in [-0.1, -0.05) is 24.3 Å². The smallest absolute Gasteiger partial charge is 0.257 e. The maximum Gasteiger partial charge on any atom is 0.257 e. The Bertz CT molecular complexity index is 834. The Hall–Kier alpha value is -2.36. The highest BCUT2D eigenvalue weighted by atomic mass is 16.2. The van der Waals surface area contributed by atoms with Crippen molar-refractivity contribution >= 4 is 11.7 Å². The summed E-state index contributed by atoms with van der Waals surface area (Å²) in [6.45, 7) is 2.71. The number of rotatable bonds is 2. The summed E-state index contributed by atoms with van der Waals surface area (Å²) in [5.74, 6) is 1.75. The number of aromatic nitrogens is 1. The van der Waals surface area contributed by atoms with Crippen LogP contribution < -0.4 is 4.90 Å². The minimum Gasteiger partial charge on any atom is -0.352 e. The van der Waals surface area contributed by atoms with Crippen molar-refractivity contribution in [3.63, 3.8) is 0 Å². The highest BCUT2D eigenvalue weighted by Gasteiger charge is 2.41. The zero-order valence-corrected chi connectivity index (χ0v) is 15.1. The molecule has 1 aromatic heterocycles. The fraction of sp³-hybridized carbons (Fsp3) is 0.455. The van der Waals surface area contributed by atoms with Crippen molar-refractivity contribution in [2.75, 3.05) is 18.0 Å². The van der Waals surface area contributed by atoms with Crippen molar-refractivity contribution < 1.29 is 4.79 Å². The van der Waals surface area contributed by atoms with E-state index in [1.807, 2.05) is 18.3 Å². The molecule has 1 aromatic carbocycles. The van der Waals surface area contributed by atoms with Gasteiger partial charge >= 0.3 is 0 Å². The number of hydrogen-bond acceptors (Lipinski definition) is 3. The molecule has 2 aromatic rings. The topological polar surface area (TPSA) is 36.4 Å². The van der Waals surface area contributed by atoms with E-state index in [0.29, 0.717) is 12.0 Å². The SMILES string of the molecule is O=C(c1cccnc1N1CCCc2ccccc2C1)N1C[C@H]2CC[C@@H]1C2. The number of anilines is 1. The number of nitrogens with zero attached hydrogens (tertiary/aromatic N) is 3. The molecule has 0 unspecified atom stereocenters. The van der Waals surface area contributed by atoms with Gasteiger partial charge in [-0.15, -0.1) is 0 Å². The van der Waals surface area contributed by atoms with E-state index in [1.54, 1.807) is 0 Å². The van der Waals surface area contributed by atoms with Crippen LogP contribution in [-0.4, -0.2) is 34.9 Å². The highest BCUT2D eigenvalue weighted by Crippen LogP contribution is 2.39. The number of likely N-dealkylation sites (tertiary alicyclic amines) is 1. The predicted molar refractivity (Wildman–Crippen MR) is 102 cm³/mol. The number of fused-ring (bicyclic) bond motifs is 3. The first kappa shape index (κ1) is 15.9. The summed E-state index contributed by atoms with van der Waals surface area (Å²) in [6, 6.07) is 13.0. The van der Waals surface area contributed by atoms with Crippen LogP contribution in [0.3, 0.4) is 0 Å². The Morgan fingerprint density at radius 2 is 1.96 bits per heavy atom. The lowest BCUT2D eigenvalue weighted by Gasteiger charge is -2.30. The van der Waals surface area contributed by atoms with Gasteiger partial charge in [-0.2, -0.15) is 0 Å². The average Bonchev–Trinajstić information content (AvgIpc) is 3.25. The van der Waals surface area contributed by atoms with Crippen LogP contribution in [0.25, 0.3) is 0 Å². The first-order chi connectivity index (χ1) is 12.8. The fourth-order valence-corrected chi connectivity index (χ4v) is 5.03. The summed E-state index contributed by atoms with van der Waals surface area (Å²) in [5, 5.41) is 0. The Balaban J connectivity index is 1.46. The van der Waals surface area contributed by atoms with Crippen LogP contribution >= 0.6 is 0 Å². The molecule has 134 valence electrons. The molecular formula is C22H25N3O. The van der Waals surface area contributed by atoms with E-state index in [9.17, 15) is 4.79 Å². The molecule has 2 fully saturated rings. The van der Waals surface area contributed by atoms with Crippen LogP contribution in [0.5, 0.6) is 0 Å². The van der Waals surface area contributed by atoms with Crippen molar-refractivity contribution in [3.05, 3.63) is 59.3 Å². The van der Waals surface area contributed by atoms with Crippen molar-refractivity contribution in [1.29, 1.82) is 0 Å². The van der Waals surface area contributed by atoms with E-state index in [1.165, 1.54) is 30.4 Å². The number of amides is 1. The van der Waals surface area contributed by atoms with Gasteiger partial charge < -0.3 is 9.80 Å². The Labute approximate surface area is 154 Å². The molecule has 1 aliphatic carbocycles. The molecule has 0 N–H and O–H groups in total. The van der Waals surface area contributed by atoms with Crippen molar-refractivity contribution in [1.82, 2.24) is 9.88 Å². The molecule has 1 saturated heterocycles. The van der Waals surface area contributed by atoms with Gasteiger partial charge in [0.2, 0.25) is 0 Å². The number of piperidine rings is 1. The molecule has 2 aliphatic heterocycles. The Morgan fingerprint density at radius 3 is 2.77 bits per heavy atom. The highest BCUT2D eigenvalue weighted by molar-refractivity contribution is 5.99. The van der Waals surface area contributed by atoms with Gasteiger partial charge in [0, 0.05) is 31.9 Å². The van der Waals surface area contributed by atoms with Crippen LogP contribution in [0, 0.1) is 5.92 Å². The van der Waals surface area contributed by atoms with Crippen LogP contribution in [-0.2, 0) is 13.0 Å². The second-order valence-electron chi connectivity index (χ2n) is 7.96. The van der Waals surface area contributed by atoms with Crippen LogP contribution in [0.1, 0.15) is 47.2 Å². The molecule has 2 bridgehead atoms. The Kier molecular flexibility index (Phi) is 3.92. The van der Waals surface area contributed by atoms with Crippen molar-refractivity contribution in [2.24, 2.45) is 5.92 Å². The molecule has 26 heavy (non-hydrogen) atoms. The molecule has 5 rings (SSSR count). The number of carbonyl (C=O) groups excluding carboxylic acids is 1. The standard InChI is InChI=1S/C22H25N3O/c26-22(25-14-16-9-10-19(25)13-16)20-8-3-11-23-21(20)24-12-4-7-17-5-1-2-6-18(17)15-24/h1-3,5-6,8,11,16,19H,4,7,9-10,12-15H2/t16-,19+/m0/s1. The number of carbonyl (C=O) groups is 1. The normalized spacial score (nSPS) is 24.5. The largest absolute Gasteiger partial charge is 0.352 e. The molecule has 1 amide bonds. The fourth-order valence-electron chi connectivity index (χ4n) is 5.03. The van der Waals surface area contributed by atoms with Crippen molar-refractivity contribution in [2.45, 2.75) is 44.7 Å². The van der Waals surface area contributed by atoms with Crippen LogP contribution in [0.15, 0.2) is 42.6 Å². The van der Waals surface area contributed by atoms with E-state index >= 15 is 0 Å². The Morgan fingerprint density at radius 1 is 1.08 bits per heavy atom. The van der Waals surface area contributed by atoms with Gasteiger partial charge in [0.15, 0.2) is 0 Å². The van der Waals surface area contributed by atoms with Gasteiger partial charge in [-0.3, -0.25) is 4.79 Å². The van der Waals surface area contributed by atoms with E-state index < -0.39 is 0 Å². The summed E-state index contributed by atoms with van der Waals surface area (Å²) in [5.41, 5.74) is 3.56. The van der Waals surface area contributed by atoms with E-state index in [0.717, 1.165) is 43.9 Å². The predicted octanol–water partition coefficient (Wildman–Crippen LogP) is 3.66. The maximum atomic E-state index is 13.3. The molecule has 4 heteroatoms. The van der Waals surface area contributed by atoms with Gasteiger partial charge in [0.05, 0.1) is 5.56 Å². The lowest BCUT2D eigenvalue weighted by Crippen LogP contribution is -2.38. The number of pyridine rings is 1. The minimum atomic E-state index is 0.179. The summed E-state index contributed by atoms with van der Waals surface area (Å²) >= 11 is 0. The third-order valence-corrected chi connectivity index (χ3v) is 6.34. The molecule has 0 radical (unpaired) electrons. The first-order valence-electron chi connectivity index (χ1n) is 9.87.